The van der Waals surface area contributed by atoms with Gasteiger partial charge in [-0.25, -0.2) is 4.79 Å². The highest BCUT2D eigenvalue weighted by atomic mass is 19.3. The third kappa shape index (κ3) is 2.30. The predicted octanol–water partition coefficient (Wildman–Crippen LogP) is 1.90. The average molecular weight is 269 g/mol. The molecule has 0 aliphatic heterocycles. The molecular formula is C13H13F2NO3. The van der Waals surface area contributed by atoms with Gasteiger partial charge in [-0.1, -0.05) is 30.3 Å². The van der Waals surface area contributed by atoms with Gasteiger partial charge < -0.3 is 10.4 Å². The number of carboxylic acids is 1. The largest absolute Gasteiger partial charge is 0.480 e. The smallest absolute Gasteiger partial charge is 0.349 e. The van der Waals surface area contributed by atoms with E-state index in [9.17, 15) is 18.4 Å². The zero-order valence-electron chi connectivity index (χ0n) is 10.0. The molecule has 1 aromatic rings. The minimum atomic E-state index is -3.74. The number of carbonyl (C=O) groups excluding carboxylic acids is 1. The van der Waals surface area contributed by atoms with E-state index in [1.165, 1.54) is 12.1 Å². The molecule has 1 aliphatic rings. The SMILES string of the molecule is O=C(O)C1(NC(=O)C(F)(F)c2ccccc2)CCC1. The molecule has 1 aliphatic carbocycles. The van der Waals surface area contributed by atoms with Gasteiger partial charge in [-0.3, -0.25) is 4.79 Å². The molecule has 6 heteroatoms. The minimum absolute atomic E-state index is 0.180. The Morgan fingerprint density at radius 2 is 1.79 bits per heavy atom. The summed E-state index contributed by atoms with van der Waals surface area (Å²) in [7, 11) is 0. The molecule has 0 spiro atoms. The lowest BCUT2D eigenvalue weighted by Crippen LogP contribution is -2.61. The topological polar surface area (TPSA) is 66.4 Å². The van der Waals surface area contributed by atoms with Gasteiger partial charge in [-0.2, -0.15) is 8.78 Å². The maximum Gasteiger partial charge on any atom is 0.349 e. The number of amides is 1. The van der Waals surface area contributed by atoms with Crippen LogP contribution < -0.4 is 5.32 Å². The Bertz CT molecular complexity index is 498. The van der Waals surface area contributed by atoms with Gasteiger partial charge in [0.15, 0.2) is 0 Å². The number of hydrogen-bond donors (Lipinski definition) is 2. The molecule has 1 aromatic carbocycles. The van der Waals surface area contributed by atoms with Crippen LogP contribution in [0.1, 0.15) is 24.8 Å². The van der Waals surface area contributed by atoms with Crippen LogP contribution in [0.15, 0.2) is 30.3 Å². The number of benzene rings is 1. The number of carbonyl (C=O) groups is 2. The zero-order valence-corrected chi connectivity index (χ0v) is 10.0. The van der Waals surface area contributed by atoms with Crippen LogP contribution in [0.4, 0.5) is 8.78 Å². The molecule has 0 unspecified atom stereocenters. The average Bonchev–Trinajstić information content (AvgIpc) is 2.34. The highest BCUT2D eigenvalue weighted by Gasteiger charge is 2.51. The fraction of sp³-hybridized carbons (Fsp3) is 0.385. The van der Waals surface area contributed by atoms with Crippen LogP contribution in [-0.4, -0.2) is 22.5 Å². The first-order valence-electron chi connectivity index (χ1n) is 5.88. The second-order valence-electron chi connectivity index (χ2n) is 4.64. The van der Waals surface area contributed by atoms with Crippen LogP contribution >= 0.6 is 0 Å². The van der Waals surface area contributed by atoms with E-state index in [0.717, 1.165) is 12.1 Å². The number of aliphatic carboxylic acids is 1. The van der Waals surface area contributed by atoms with E-state index >= 15 is 0 Å². The fourth-order valence-corrected chi connectivity index (χ4v) is 2.00. The first-order chi connectivity index (χ1) is 8.88. The predicted molar refractivity (Wildman–Crippen MR) is 62.7 cm³/mol. The van der Waals surface area contributed by atoms with Crippen LogP contribution in [-0.2, 0) is 15.5 Å². The van der Waals surface area contributed by atoms with Crippen molar-refractivity contribution in [3.8, 4) is 0 Å². The van der Waals surface area contributed by atoms with Crippen molar-refractivity contribution in [1.29, 1.82) is 0 Å². The molecule has 0 aromatic heterocycles. The second-order valence-corrected chi connectivity index (χ2v) is 4.64. The summed E-state index contributed by atoms with van der Waals surface area (Å²) in [5.74, 6) is -6.57. The third-order valence-corrected chi connectivity index (χ3v) is 3.39. The standard InChI is InChI=1S/C13H13F2NO3/c14-13(15,9-5-2-1-3-6-9)10(17)16-12(11(18)19)7-4-8-12/h1-3,5-6H,4,7-8H2,(H,16,17)(H,18,19). The summed E-state index contributed by atoms with van der Waals surface area (Å²) in [5, 5.41) is 11.0. The molecule has 2 N–H and O–H groups in total. The van der Waals surface area contributed by atoms with Gasteiger partial charge in [0.2, 0.25) is 0 Å². The monoisotopic (exact) mass is 269 g/mol. The first-order valence-corrected chi connectivity index (χ1v) is 5.88. The van der Waals surface area contributed by atoms with Crippen LogP contribution in [0.2, 0.25) is 0 Å². The normalized spacial score (nSPS) is 17.4. The van der Waals surface area contributed by atoms with E-state index in [2.05, 4.69) is 0 Å². The van der Waals surface area contributed by atoms with Gasteiger partial charge in [-0.05, 0) is 19.3 Å². The van der Waals surface area contributed by atoms with Crippen LogP contribution in [0, 0.1) is 0 Å². The molecule has 1 fully saturated rings. The summed E-state index contributed by atoms with van der Waals surface area (Å²) in [5.41, 5.74) is -1.98. The summed E-state index contributed by atoms with van der Waals surface area (Å²) >= 11 is 0. The number of carboxylic acid groups (broad SMARTS) is 1. The maximum absolute atomic E-state index is 13.9. The lowest BCUT2D eigenvalue weighted by Gasteiger charge is -2.39. The molecule has 4 nitrogen and oxygen atoms in total. The second kappa shape index (κ2) is 4.60. The van der Waals surface area contributed by atoms with Crippen molar-refractivity contribution >= 4 is 11.9 Å². The summed E-state index contributed by atoms with van der Waals surface area (Å²) in [6, 6.07) is 6.61. The Morgan fingerprint density at radius 1 is 1.21 bits per heavy atom. The molecule has 0 bridgehead atoms. The summed E-state index contributed by atoms with van der Waals surface area (Å²) in [6.45, 7) is 0. The quantitative estimate of drug-likeness (QED) is 0.877. The van der Waals surface area contributed by atoms with Gasteiger partial charge in [0, 0.05) is 5.56 Å². The van der Waals surface area contributed by atoms with Gasteiger partial charge >= 0.3 is 11.9 Å². The highest BCUT2D eigenvalue weighted by Crippen LogP contribution is 2.35. The van der Waals surface area contributed by atoms with E-state index in [4.69, 9.17) is 5.11 Å². The Kier molecular flexibility index (Phi) is 3.26. The van der Waals surface area contributed by atoms with Gasteiger partial charge in [-0.15, -0.1) is 0 Å². The van der Waals surface area contributed by atoms with Gasteiger partial charge in [0.1, 0.15) is 5.54 Å². The van der Waals surface area contributed by atoms with E-state index in [-0.39, 0.29) is 12.8 Å². The Balaban J connectivity index is 2.18. The van der Waals surface area contributed by atoms with Crippen molar-refractivity contribution in [2.75, 3.05) is 0 Å². The van der Waals surface area contributed by atoms with Crippen molar-refractivity contribution < 1.29 is 23.5 Å². The van der Waals surface area contributed by atoms with Crippen molar-refractivity contribution in [1.82, 2.24) is 5.32 Å². The van der Waals surface area contributed by atoms with Crippen molar-refractivity contribution in [2.45, 2.75) is 30.7 Å². The van der Waals surface area contributed by atoms with E-state index in [0.29, 0.717) is 6.42 Å². The number of hydrogen-bond acceptors (Lipinski definition) is 2. The Labute approximate surface area is 108 Å². The van der Waals surface area contributed by atoms with Crippen LogP contribution in [0.5, 0.6) is 0 Å². The number of nitrogens with one attached hydrogen (secondary N) is 1. The molecule has 0 radical (unpaired) electrons. The van der Waals surface area contributed by atoms with Gasteiger partial charge in [0.25, 0.3) is 5.91 Å². The van der Waals surface area contributed by atoms with Crippen molar-refractivity contribution in [2.24, 2.45) is 0 Å². The molecule has 19 heavy (non-hydrogen) atoms. The van der Waals surface area contributed by atoms with Crippen LogP contribution in [0.3, 0.4) is 0 Å². The number of rotatable bonds is 4. The van der Waals surface area contributed by atoms with Crippen molar-refractivity contribution in [3.63, 3.8) is 0 Å². The molecule has 0 atom stereocenters. The molecule has 1 saturated carbocycles. The summed E-state index contributed by atoms with van der Waals surface area (Å²) < 4.78 is 27.8. The lowest BCUT2D eigenvalue weighted by atomic mass is 9.76. The number of halogens is 2. The molecule has 0 heterocycles. The highest BCUT2D eigenvalue weighted by molar-refractivity contribution is 5.91. The Hall–Kier alpha value is -1.98. The molecule has 0 saturated heterocycles. The maximum atomic E-state index is 13.9. The molecule has 1 amide bonds. The molecule has 2 rings (SSSR count). The van der Waals surface area contributed by atoms with E-state index in [1.807, 2.05) is 5.32 Å². The zero-order chi connectivity index (χ0) is 14.1. The molecular weight excluding hydrogens is 256 g/mol. The first kappa shape index (κ1) is 13.5. The van der Waals surface area contributed by atoms with E-state index in [1.54, 1.807) is 6.07 Å². The molecule has 102 valence electrons. The summed E-state index contributed by atoms with van der Waals surface area (Å²) in [6.07, 6.45) is 0.960. The fourth-order valence-electron chi connectivity index (χ4n) is 2.00. The number of alkyl halides is 2. The Morgan fingerprint density at radius 3 is 2.21 bits per heavy atom. The van der Waals surface area contributed by atoms with Crippen molar-refractivity contribution in [3.05, 3.63) is 35.9 Å². The lowest BCUT2D eigenvalue weighted by molar-refractivity contribution is -0.160. The van der Waals surface area contributed by atoms with Crippen LogP contribution in [0.25, 0.3) is 0 Å². The van der Waals surface area contributed by atoms with Gasteiger partial charge in [0.05, 0.1) is 0 Å². The minimum Gasteiger partial charge on any atom is -0.480 e. The third-order valence-electron chi connectivity index (χ3n) is 3.39. The summed E-state index contributed by atoms with van der Waals surface area (Å²) in [4.78, 5) is 22.7. The van der Waals surface area contributed by atoms with E-state index < -0.39 is 28.9 Å².